The van der Waals surface area contributed by atoms with Gasteiger partial charge in [0.2, 0.25) is 0 Å². The molecule has 2 saturated carbocycles. The summed E-state index contributed by atoms with van der Waals surface area (Å²) in [4.78, 5) is 0. The highest BCUT2D eigenvalue weighted by Crippen LogP contribution is 2.58. The summed E-state index contributed by atoms with van der Waals surface area (Å²) in [5.41, 5.74) is 0. The van der Waals surface area contributed by atoms with Crippen molar-refractivity contribution >= 4 is 8.32 Å². The molecule has 16 heavy (non-hydrogen) atoms. The Morgan fingerprint density at radius 2 is 1.88 bits per heavy atom. The molecule has 0 heterocycles. The van der Waals surface area contributed by atoms with Crippen LogP contribution in [0.3, 0.4) is 0 Å². The second-order valence-corrected chi connectivity index (χ2v) is 11.9. The smallest absolute Gasteiger partial charge is 0.191 e. The second kappa shape index (κ2) is 3.82. The molecule has 0 aromatic rings. The van der Waals surface area contributed by atoms with E-state index in [0.717, 1.165) is 18.9 Å². The molecule has 94 valence electrons. The molecule has 2 rings (SSSR count). The van der Waals surface area contributed by atoms with E-state index < -0.39 is 8.32 Å². The maximum atomic E-state index is 9.75. The summed E-state index contributed by atoms with van der Waals surface area (Å²) < 4.78 is 6.23. The van der Waals surface area contributed by atoms with Crippen molar-refractivity contribution in [3.8, 4) is 0 Å². The van der Waals surface area contributed by atoms with Gasteiger partial charge in [0.1, 0.15) is 0 Å². The predicted molar refractivity (Wildman–Crippen MR) is 68.9 cm³/mol. The minimum atomic E-state index is -1.58. The number of fused-ring (bicyclic) bond motifs is 1. The zero-order valence-corrected chi connectivity index (χ0v) is 12.3. The fourth-order valence-electron chi connectivity index (χ4n) is 2.76. The van der Waals surface area contributed by atoms with Crippen LogP contribution in [0.15, 0.2) is 0 Å². The minimum Gasteiger partial charge on any atom is -0.417 e. The average Bonchev–Trinajstić information content (AvgIpc) is 2.71. The quantitative estimate of drug-likeness (QED) is 0.771. The van der Waals surface area contributed by atoms with Gasteiger partial charge in [0.05, 0.1) is 6.10 Å². The molecule has 2 aliphatic carbocycles. The maximum absolute atomic E-state index is 9.75. The Hall–Kier alpha value is 0.137. The number of aliphatic hydroxyl groups is 1. The summed E-state index contributed by atoms with van der Waals surface area (Å²) in [5.74, 6) is 2.02. The molecule has 0 saturated heterocycles. The lowest BCUT2D eigenvalue weighted by Crippen LogP contribution is -2.41. The third-order valence-corrected chi connectivity index (χ3v) is 9.58. The van der Waals surface area contributed by atoms with Crippen LogP contribution in [0.25, 0.3) is 0 Å². The zero-order valence-electron chi connectivity index (χ0n) is 11.3. The Labute approximate surface area is 101 Å². The van der Waals surface area contributed by atoms with Crippen molar-refractivity contribution in [2.45, 2.75) is 57.8 Å². The van der Waals surface area contributed by atoms with Crippen LogP contribution in [0.1, 0.15) is 33.6 Å². The first-order chi connectivity index (χ1) is 7.24. The van der Waals surface area contributed by atoms with Gasteiger partial charge in [-0.1, -0.05) is 20.8 Å². The van der Waals surface area contributed by atoms with Crippen molar-refractivity contribution in [1.82, 2.24) is 0 Å². The lowest BCUT2D eigenvalue weighted by Gasteiger charge is -2.36. The van der Waals surface area contributed by atoms with Crippen LogP contribution in [-0.2, 0) is 4.43 Å². The fourth-order valence-corrected chi connectivity index (χ4v) is 3.81. The summed E-state index contributed by atoms with van der Waals surface area (Å²) in [6.07, 6.45) is 2.21. The van der Waals surface area contributed by atoms with Gasteiger partial charge in [0, 0.05) is 6.61 Å². The molecular weight excluding hydrogens is 216 g/mol. The van der Waals surface area contributed by atoms with Crippen molar-refractivity contribution in [3.63, 3.8) is 0 Å². The Bertz CT molecular complexity index is 270. The number of aliphatic hydroxyl groups excluding tert-OH is 1. The van der Waals surface area contributed by atoms with Crippen LogP contribution >= 0.6 is 0 Å². The summed E-state index contributed by atoms with van der Waals surface area (Å²) in [7, 11) is -1.58. The molecule has 0 radical (unpaired) electrons. The minimum absolute atomic E-state index is 0.0296. The van der Waals surface area contributed by atoms with Crippen LogP contribution < -0.4 is 0 Å². The van der Waals surface area contributed by atoms with Crippen LogP contribution in [0, 0.1) is 17.8 Å². The van der Waals surface area contributed by atoms with E-state index in [1.165, 1.54) is 6.42 Å². The highest BCUT2D eigenvalue weighted by molar-refractivity contribution is 6.74. The van der Waals surface area contributed by atoms with Gasteiger partial charge in [-0.3, -0.25) is 0 Å². The lowest BCUT2D eigenvalue weighted by molar-refractivity contribution is 0.138. The Morgan fingerprint density at radius 1 is 1.25 bits per heavy atom. The Morgan fingerprint density at radius 3 is 2.31 bits per heavy atom. The standard InChI is InChI=1S/C13H26O2Si/c1-13(2,3)16(4,5)15-8-10-9-6-7-11(14)12(9)10/h9-12,14H,6-8H2,1-5H3. The Balaban J connectivity index is 1.82. The van der Waals surface area contributed by atoms with Gasteiger partial charge in [0.25, 0.3) is 0 Å². The molecule has 2 nitrogen and oxygen atoms in total. The molecule has 4 atom stereocenters. The molecule has 0 spiro atoms. The molecule has 0 amide bonds. The van der Waals surface area contributed by atoms with E-state index in [1.54, 1.807) is 0 Å². The molecule has 2 aliphatic rings. The monoisotopic (exact) mass is 242 g/mol. The van der Waals surface area contributed by atoms with Gasteiger partial charge in [-0.05, 0) is 48.7 Å². The topological polar surface area (TPSA) is 29.5 Å². The van der Waals surface area contributed by atoms with Gasteiger partial charge < -0.3 is 9.53 Å². The average molecular weight is 242 g/mol. The van der Waals surface area contributed by atoms with E-state index in [-0.39, 0.29) is 6.10 Å². The zero-order chi connectivity index (χ0) is 12.1. The van der Waals surface area contributed by atoms with Gasteiger partial charge in [-0.2, -0.15) is 0 Å². The summed E-state index contributed by atoms with van der Waals surface area (Å²) in [5, 5.41) is 10.1. The van der Waals surface area contributed by atoms with Gasteiger partial charge in [-0.15, -0.1) is 0 Å². The van der Waals surface area contributed by atoms with Crippen molar-refractivity contribution in [2.24, 2.45) is 17.8 Å². The van der Waals surface area contributed by atoms with Crippen LogP contribution in [0.5, 0.6) is 0 Å². The largest absolute Gasteiger partial charge is 0.417 e. The molecule has 0 bridgehead atoms. The van der Waals surface area contributed by atoms with E-state index in [2.05, 4.69) is 33.9 Å². The molecule has 4 unspecified atom stereocenters. The van der Waals surface area contributed by atoms with E-state index in [9.17, 15) is 5.11 Å². The van der Waals surface area contributed by atoms with Crippen LogP contribution in [-0.4, -0.2) is 26.1 Å². The van der Waals surface area contributed by atoms with Crippen molar-refractivity contribution < 1.29 is 9.53 Å². The molecule has 3 heteroatoms. The maximum Gasteiger partial charge on any atom is 0.191 e. The summed E-state index contributed by atoms with van der Waals surface area (Å²) in [6.45, 7) is 12.3. The molecule has 0 aromatic heterocycles. The van der Waals surface area contributed by atoms with Crippen LogP contribution in [0.2, 0.25) is 18.1 Å². The highest BCUT2D eigenvalue weighted by Gasteiger charge is 2.57. The van der Waals surface area contributed by atoms with E-state index in [0.29, 0.717) is 16.9 Å². The Kier molecular flexibility index (Phi) is 3.01. The SMILES string of the molecule is CC(C)(C)[Si](C)(C)OCC1C2CCC(O)C21. The third kappa shape index (κ3) is 2.09. The van der Waals surface area contributed by atoms with Gasteiger partial charge in [0.15, 0.2) is 8.32 Å². The first-order valence-electron chi connectivity index (χ1n) is 6.56. The van der Waals surface area contributed by atoms with E-state index in [4.69, 9.17) is 4.43 Å². The molecule has 1 N–H and O–H groups in total. The van der Waals surface area contributed by atoms with Gasteiger partial charge in [-0.25, -0.2) is 0 Å². The number of rotatable bonds is 3. The molecular formula is C13H26O2Si. The normalized spacial score (nSPS) is 38.6. The van der Waals surface area contributed by atoms with Crippen molar-refractivity contribution in [1.29, 1.82) is 0 Å². The fraction of sp³-hybridized carbons (Fsp3) is 1.00. The third-order valence-electron chi connectivity index (χ3n) is 5.08. The van der Waals surface area contributed by atoms with Gasteiger partial charge >= 0.3 is 0 Å². The number of hydrogen-bond acceptors (Lipinski definition) is 2. The first-order valence-corrected chi connectivity index (χ1v) is 9.47. The van der Waals surface area contributed by atoms with Crippen molar-refractivity contribution in [2.75, 3.05) is 6.61 Å². The van der Waals surface area contributed by atoms with E-state index >= 15 is 0 Å². The molecule has 2 fully saturated rings. The highest BCUT2D eigenvalue weighted by atomic mass is 28.4. The second-order valence-electron chi connectivity index (χ2n) is 7.12. The first kappa shape index (κ1) is 12.6. The predicted octanol–water partition coefficient (Wildman–Crippen LogP) is 3.03. The summed E-state index contributed by atoms with van der Waals surface area (Å²) >= 11 is 0. The number of hydrogen-bond donors (Lipinski definition) is 1. The van der Waals surface area contributed by atoms with E-state index in [1.807, 2.05) is 0 Å². The van der Waals surface area contributed by atoms with Crippen molar-refractivity contribution in [3.05, 3.63) is 0 Å². The molecule has 0 aromatic carbocycles. The summed E-state index contributed by atoms with van der Waals surface area (Å²) in [6, 6.07) is 0. The van der Waals surface area contributed by atoms with Crippen LogP contribution in [0.4, 0.5) is 0 Å². The molecule has 0 aliphatic heterocycles. The lowest BCUT2D eigenvalue weighted by atomic mass is 10.1.